The Morgan fingerprint density at radius 3 is 2.58 bits per heavy atom. The molecule has 168 valence electrons. The zero-order chi connectivity index (χ0) is 22.3. The number of methoxy groups -OCH3 is 2. The van der Waals surface area contributed by atoms with Crippen LogP contribution in [0.5, 0.6) is 0 Å². The lowest BCUT2D eigenvalue weighted by Crippen LogP contribution is -2.36. The lowest BCUT2D eigenvalue weighted by molar-refractivity contribution is -0.150. The van der Waals surface area contributed by atoms with Gasteiger partial charge in [0.05, 0.1) is 28.8 Å². The van der Waals surface area contributed by atoms with Crippen LogP contribution in [-0.4, -0.2) is 50.0 Å². The van der Waals surface area contributed by atoms with Gasteiger partial charge in [-0.25, -0.2) is 0 Å². The van der Waals surface area contributed by atoms with E-state index in [2.05, 4.69) is 0 Å². The molecule has 0 spiro atoms. The van der Waals surface area contributed by atoms with Gasteiger partial charge in [-0.3, -0.25) is 9.78 Å². The Bertz CT molecular complexity index is 904. The van der Waals surface area contributed by atoms with Crippen molar-refractivity contribution in [2.45, 2.75) is 44.8 Å². The molecule has 3 rings (SSSR count). The van der Waals surface area contributed by atoms with Crippen molar-refractivity contribution in [1.29, 1.82) is 0 Å². The molecule has 1 heterocycles. The van der Waals surface area contributed by atoms with Gasteiger partial charge in [0.25, 0.3) is 0 Å². The van der Waals surface area contributed by atoms with Gasteiger partial charge >= 0.3 is 5.97 Å². The Hall–Kier alpha value is -2.32. The average Bonchev–Trinajstić information content (AvgIpc) is 2.79. The average molecular weight is 430 g/mol. The van der Waals surface area contributed by atoms with Crippen molar-refractivity contribution in [3.63, 3.8) is 0 Å². The highest BCUT2D eigenvalue weighted by Crippen LogP contribution is 2.39. The van der Waals surface area contributed by atoms with E-state index >= 15 is 0 Å². The molecule has 1 N–H and O–H groups in total. The lowest BCUT2D eigenvalue weighted by Gasteiger charge is -2.34. The van der Waals surface area contributed by atoms with Gasteiger partial charge in [-0.2, -0.15) is 0 Å². The predicted octanol–water partition coefficient (Wildman–Crippen LogP) is 4.56. The number of fused-ring (bicyclic) bond motifs is 1. The second-order valence-electron chi connectivity index (χ2n) is 7.97. The van der Waals surface area contributed by atoms with E-state index in [1.165, 1.54) is 0 Å². The van der Waals surface area contributed by atoms with E-state index in [0.29, 0.717) is 25.7 Å². The molecule has 1 saturated carbocycles. The number of aliphatic carboxylic acids is 1. The van der Waals surface area contributed by atoms with Gasteiger partial charge in [0, 0.05) is 19.6 Å². The Balaban J connectivity index is 1.76. The van der Waals surface area contributed by atoms with E-state index in [1.54, 1.807) is 14.2 Å². The summed E-state index contributed by atoms with van der Waals surface area (Å²) in [5.74, 6) is -0.792. The molecule has 1 aliphatic rings. The number of hydrogen-bond acceptors (Lipinski definition) is 6. The molecule has 0 radical (unpaired) electrons. The molecular formula is C24H31NO6. The summed E-state index contributed by atoms with van der Waals surface area (Å²) in [4.78, 5) is 16.8. The van der Waals surface area contributed by atoms with E-state index in [-0.39, 0.29) is 25.8 Å². The fourth-order valence-electron chi connectivity index (χ4n) is 3.88. The topological polar surface area (TPSA) is 87.1 Å². The Kier molecular flexibility index (Phi) is 8.15. The fraction of sp³-hybridized carbons (Fsp3) is 0.500. The summed E-state index contributed by atoms with van der Waals surface area (Å²) < 4.78 is 21.1. The third-order valence-corrected chi connectivity index (χ3v) is 5.86. The molecule has 7 heteroatoms. The number of carbonyl (C=O) groups is 1. The molecular weight excluding hydrogens is 398 g/mol. The normalized spacial score (nSPS) is 22.7. The lowest BCUT2D eigenvalue weighted by atomic mass is 9.72. The minimum absolute atomic E-state index is 0.0476. The zero-order valence-corrected chi connectivity index (χ0v) is 18.4. The molecule has 0 amide bonds. The van der Waals surface area contributed by atoms with E-state index in [4.69, 9.17) is 23.9 Å². The molecule has 2 aromatic rings. The van der Waals surface area contributed by atoms with Crippen LogP contribution < -0.4 is 0 Å². The number of pyridine rings is 1. The Morgan fingerprint density at radius 1 is 1.19 bits per heavy atom. The second kappa shape index (κ2) is 10.8. The number of benzene rings is 1. The van der Waals surface area contributed by atoms with Crippen molar-refractivity contribution in [2.75, 3.05) is 27.8 Å². The second-order valence-corrected chi connectivity index (χ2v) is 7.97. The highest BCUT2D eigenvalue weighted by atomic mass is 16.7. The van der Waals surface area contributed by atoms with Gasteiger partial charge < -0.3 is 24.1 Å². The number of ether oxygens (including phenoxy) is 4. The summed E-state index contributed by atoms with van der Waals surface area (Å²) in [6.45, 7) is 2.38. The standard InChI is InChI=1S/C24H31NO6/c1-17(30-15-28-2)21-7-6-19-5-4-18(14-22(19)25-21)8-11-24(23(26)27)12-9-20(10-13-24)31-16-29-3/h4-8,11,14,17,20H,9-10,12-13,15-16H2,1-3H3,(H,26,27)/b11-8+/t17-,20-,24+/m1/s1. The van der Waals surface area contributed by atoms with Gasteiger partial charge in [-0.1, -0.05) is 30.4 Å². The number of rotatable bonds is 10. The molecule has 0 unspecified atom stereocenters. The number of hydrogen-bond donors (Lipinski definition) is 1. The Morgan fingerprint density at radius 2 is 1.90 bits per heavy atom. The van der Waals surface area contributed by atoms with Gasteiger partial charge in [0.2, 0.25) is 0 Å². The van der Waals surface area contributed by atoms with E-state index < -0.39 is 11.4 Å². The monoisotopic (exact) mass is 429 g/mol. The fourth-order valence-corrected chi connectivity index (χ4v) is 3.88. The van der Waals surface area contributed by atoms with Gasteiger partial charge in [-0.05, 0) is 50.3 Å². The van der Waals surface area contributed by atoms with Crippen LogP contribution in [0.25, 0.3) is 17.0 Å². The van der Waals surface area contributed by atoms with Crippen LogP contribution in [0, 0.1) is 5.41 Å². The summed E-state index contributed by atoms with van der Waals surface area (Å²) in [7, 11) is 3.17. The van der Waals surface area contributed by atoms with Crippen molar-refractivity contribution in [2.24, 2.45) is 5.41 Å². The first-order chi connectivity index (χ1) is 15.0. The molecule has 31 heavy (non-hydrogen) atoms. The van der Waals surface area contributed by atoms with Crippen molar-refractivity contribution in [3.05, 3.63) is 47.7 Å². The van der Waals surface area contributed by atoms with Crippen molar-refractivity contribution >= 4 is 22.9 Å². The summed E-state index contributed by atoms with van der Waals surface area (Å²) in [5.41, 5.74) is 1.70. The number of aromatic nitrogens is 1. The highest BCUT2D eigenvalue weighted by Gasteiger charge is 2.40. The van der Waals surface area contributed by atoms with Crippen LogP contribution in [0.4, 0.5) is 0 Å². The molecule has 1 aliphatic carbocycles. The van der Waals surface area contributed by atoms with Crippen LogP contribution >= 0.6 is 0 Å². The molecule has 7 nitrogen and oxygen atoms in total. The number of nitrogens with zero attached hydrogens (tertiary/aromatic N) is 1. The molecule has 0 bridgehead atoms. The summed E-state index contributed by atoms with van der Waals surface area (Å²) in [6.07, 6.45) is 6.06. The van der Waals surface area contributed by atoms with Crippen LogP contribution in [0.2, 0.25) is 0 Å². The van der Waals surface area contributed by atoms with Gasteiger partial charge in [0.15, 0.2) is 0 Å². The van der Waals surface area contributed by atoms with Crippen LogP contribution in [0.1, 0.15) is 50.0 Å². The highest BCUT2D eigenvalue weighted by molar-refractivity contribution is 5.83. The van der Waals surface area contributed by atoms with Gasteiger partial charge in [0.1, 0.15) is 13.6 Å². The molecule has 1 aromatic carbocycles. The third kappa shape index (κ3) is 5.89. The number of carboxylic acid groups (broad SMARTS) is 1. The molecule has 1 atom stereocenters. The maximum absolute atomic E-state index is 12.1. The first-order valence-corrected chi connectivity index (χ1v) is 10.5. The largest absolute Gasteiger partial charge is 0.481 e. The molecule has 1 fully saturated rings. The molecule has 1 aromatic heterocycles. The van der Waals surface area contributed by atoms with Crippen molar-refractivity contribution < 1.29 is 28.8 Å². The third-order valence-electron chi connectivity index (χ3n) is 5.86. The maximum Gasteiger partial charge on any atom is 0.313 e. The predicted molar refractivity (Wildman–Crippen MR) is 117 cm³/mol. The summed E-state index contributed by atoms with van der Waals surface area (Å²) >= 11 is 0. The van der Waals surface area contributed by atoms with Crippen molar-refractivity contribution in [1.82, 2.24) is 4.98 Å². The molecule has 0 aliphatic heterocycles. The summed E-state index contributed by atoms with van der Waals surface area (Å²) in [5, 5.41) is 10.9. The molecule has 0 saturated heterocycles. The smallest absolute Gasteiger partial charge is 0.313 e. The van der Waals surface area contributed by atoms with E-state index in [9.17, 15) is 9.90 Å². The van der Waals surface area contributed by atoms with Crippen LogP contribution in [0.3, 0.4) is 0 Å². The Labute approximate surface area is 183 Å². The van der Waals surface area contributed by atoms with Gasteiger partial charge in [-0.15, -0.1) is 0 Å². The first-order valence-electron chi connectivity index (χ1n) is 10.5. The minimum Gasteiger partial charge on any atom is -0.481 e. The SMILES string of the molecule is COCO[C@H](C)c1ccc2ccc(/C=C/[C@]3(C(=O)O)CC[C@@H](OCOC)CC3)cc2n1. The van der Waals surface area contributed by atoms with E-state index in [0.717, 1.165) is 22.2 Å². The zero-order valence-electron chi connectivity index (χ0n) is 18.4. The first kappa shape index (κ1) is 23.3. The quantitative estimate of drug-likeness (QED) is 0.554. The van der Waals surface area contributed by atoms with E-state index in [1.807, 2.05) is 49.4 Å². The van der Waals surface area contributed by atoms with Crippen LogP contribution in [0.15, 0.2) is 36.4 Å². The summed E-state index contributed by atoms with van der Waals surface area (Å²) in [6, 6.07) is 9.91. The maximum atomic E-state index is 12.1. The number of carboxylic acids is 1. The minimum atomic E-state index is -0.875. The van der Waals surface area contributed by atoms with Crippen molar-refractivity contribution in [3.8, 4) is 0 Å². The van der Waals surface area contributed by atoms with Crippen LogP contribution in [-0.2, 0) is 23.7 Å².